The topological polar surface area (TPSA) is 59.7 Å². The summed E-state index contributed by atoms with van der Waals surface area (Å²) in [6.45, 7) is 2.85. The first kappa shape index (κ1) is 14.2. The molecule has 0 saturated heterocycles. The number of hydrogen-bond donors (Lipinski definition) is 0. The molecule has 1 aliphatic heterocycles. The third-order valence-electron chi connectivity index (χ3n) is 4.66. The highest BCUT2D eigenvalue weighted by atomic mass is 32.1. The average molecular weight is 338 g/mol. The lowest BCUT2D eigenvalue weighted by atomic mass is 10.1. The molecule has 0 atom stereocenters. The van der Waals surface area contributed by atoms with Gasteiger partial charge in [0.15, 0.2) is 10.8 Å². The van der Waals surface area contributed by atoms with E-state index in [1.807, 2.05) is 12.4 Å². The van der Waals surface area contributed by atoms with Crippen molar-refractivity contribution in [2.24, 2.45) is 0 Å². The number of thiazole rings is 1. The number of rotatable bonds is 4. The van der Waals surface area contributed by atoms with E-state index in [0.29, 0.717) is 5.82 Å². The van der Waals surface area contributed by atoms with Crippen molar-refractivity contribution in [1.82, 2.24) is 29.4 Å². The second-order valence-electron chi connectivity index (χ2n) is 6.45. The first-order valence-electron chi connectivity index (χ1n) is 8.35. The van der Waals surface area contributed by atoms with Crippen LogP contribution in [0.15, 0.2) is 30.2 Å². The summed E-state index contributed by atoms with van der Waals surface area (Å²) >= 11 is 1.61. The highest BCUT2D eigenvalue weighted by molar-refractivity contribution is 7.13. The van der Waals surface area contributed by atoms with Gasteiger partial charge in [0.2, 0.25) is 0 Å². The maximum absolute atomic E-state index is 4.70. The molecule has 3 aromatic heterocycles. The maximum Gasteiger partial charge on any atom is 0.188 e. The van der Waals surface area contributed by atoms with Gasteiger partial charge in [-0.15, -0.1) is 11.3 Å². The molecule has 4 heterocycles. The van der Waals surface area contributed by atoms with Gasteiger partial charge in [-0.3, -0.25) is 4.90 Å². The van der Waals surface area contributed by atoms with E-state index in [2.05, 4.69) is 29.8 Å². The van der Waals surface area contributed by atoms with E-state index in [4.69, 9.17) is 4.98 Å². The summed E-state index contributed by atoms with van der Waals surface area (Å²) in [5.41, 5.74) is 3.79. The molecule has 0 aromatic carbocycles. The molecule has 0 spiro atoms. The highest BCUT2D eigenvalue weighted by Crippen LogP contribution is 2.37. The van der Waals surface area contributed by atoms with Gasteiger partial charge in [0, 0.05) is 55.6 Å². The lowest BCUT2D eigenvalue weighted by Gasteiger charge is -2.26. The van der Waals surface area contributed by atoms with Crippen molar-refractivity contribution in [3.05, 3.63) is 47.2 Å². The van der Waals surface area contributed by atoms with Crippen molar-refractivity contribution in [1.29, 1.82) is 0 Å². The fourth-order valence-corrected chi connectivity index (χ4v) is 4.06. The Bertz CT molecular complexity index is 851. The van der Waals surface area contributed by atoms with Gasteiger partial charge in [-0.2, -0.15) is 0 Å². The van der Waals surface area contributed by atoms with Gasteiger partial charge >= 0.3 is 0 Å². The molecular weight excluding hydrogens is 320 g/mol. The number of imidazole rings is 1. The second kappa shape index (κ2) is 5.75. The van der Waals surface area contributed by atoms with Gasteiger partial charge in [-0.25, -0.2) is 19.9 Å². The molecule has 1 saturated carbocycles. The van der Waals surface area contributed by atoms with Crippen molar-refractivity contribution >= 4 is 11.3 Å². The first-order chi connectivity index (χ1) is 11.9. The minimum Gasteiger partial charge on any atom is -0.331 e. The van der Waals surface area contributed by atoms with Crippen molar-refractivity contribution < 1.29 is 0 Å². The van der Waals surface area contributed by atoms with Gasteiger partial charge in [0.1, 0.15) is 0 Å². The molecule has 0 bridgehead atoms. The SMILES string of the molecule is c1cnc(-c2nc(CN3CCc4c(ncn4C4CC4)C3)cs2)nc1. The predicted molar refractivity (Wildman–Crippen MR) is 91.5 cm³/mol. The number of hydrogen-bond acceptors (Lipinski definition) is 6. The lowest BCUT2D eigenvalue weighted by Crippen LogP contribution is -2.31. The average Bonchev–Trinajstić information content (AvgIpc) is 3.21. The zero-order chi connectivity index (χ0) is 15.9. The monoisotopic (exact) mass is 338 g/mol. The van der Waals surface area contributed by atoms with Crippen LogP contribution in [0.25, 0.3) is 10.8 Å². The molecule has 1 fully saturated rings. The minimum atomic E-state index is 0.706. The molecule has 0 N–H and O–H groups in total. The Labute approximate surface area is 144 Å². The first-order valence-corrected chi connectivity index (χ1v) is 9.23. The van der Waals surface area contributed by atoms with E-state index < -0.39 is 0 Å². The van der Waals surface area contributed by atoms with Gasteiger partial charge in [-0.05, 0) is 18.9 Å². The zero-order valence-electron chi connectivity index (χ0n) is 13.3. The summed E-state index contributed by atoms with van der Waals surface area (Å²) in [5, 5.41) is 3.01. The standard InChI is InChI=1S/C17H18N6S/c1-5-18-16(19-6-1)17-21-12(10-24-17)8-22-7-4-15-14(9-22)20-11-23(15)13-2-3-13/h1,5-6,10-11,13H,2-4,7-9H2. The molecule has 1 aliphatic carbocycles. The Morgan fingerprint density at radius 3 is 2.88 bits per heavy atom. The van der Waals surface area contributed by atoms with E-state index in [1.165, 1.54) is 24.2 Å². The Balaban J connectivity index is 1.30. The third-order valence-corrected chi connectivity index (χ3v) is 5.54. The van der Waals surface area contributed by atoms with Crippen LogP contribution in [0.2, 0.25) is 0 Å². The molecule has 3 aromatic rings. The van der Waals surface area contributed by atoms with Crippen molar-refractivity contribution in [3.8, 4) is 10.8 Å². The maximum atomic E-state index is 4.70. The van der Waals surface area contributed by atoms with E-state index in [9.17, 15) is 0 Å². The third kappa shape index (κ3) is 2.63. The fraction of sp³-hybridized carbons (Fsp3) is 0.412. The molecular formula is C17H18N6S. The number of nitrogens with zero attached hydrogens (tertiary/aromatic N) is 6. The Kier molecular flexibility index (Phi) is 3.41. The summed E-state index contributed by atoms with van der Waals surface area (Å²) in [6.07, 6.45) is 9.27. The second-order valence-corrected chi connectivity index (χ2v) is 7.31. The summed E-state index contributed by atoms with van der Waals surface area (Å²) in [6, 6.07) is 2.55. The van der Waals surface area contributed by atoms with Crippen molar-refractivity contribution in [2.75, 3.05) is 6.54 Å². The smallest absolute Gasteiger partial charge is 0.188 e. The van der Waals surface area contributed by atoms with Gasteiger partial charge in [0.05, 0.1) is 17.7 Å². The number of fused-ring (bicyclic) bond motifs is 1. The molecule has 0 radical (unpaired) electrons. The zero-order valence-corrected chi connectivity index (χ0v) is 14.1. The molecule has 2 aliphatic rings. The summed E-state index contributed by atoms with van der Waals surface area (Å²) in [7, 11) is 0. The highest BCUT2D eigenvalue weighted by Gasteiger charge is 2.29. The van der Waals surface area contributed by atoms with E-state index in [0.717, 1.165) is 42.8 Å². The molecule has 7 heteroatoms. The van der Waals surface area contributed by atoms with E-state index in [1.54, 1.807) is 23.7 Å². The van der Waals surface area contributed by atoms with E-state index in [-0.39, 0.29) is 0 Å². The summed E-state index contributed by atoms with van der Waals surface area (Å²) < 4.78 is 2.40. The summed E-state index contributed by atoms with van der Waals surface area (Å²) in [4.78, 5) is 20.3. The quantitative estimate of drug-likeness (QED) is 0.732. The Morgan fingerprint density at radius 1 is 1.17 bits per heavy atom. The van der Waals surface area contributed by atoms with Gasteiger partial charge in [0.25, 0.3) is 0 Å². The van der Waals surface area contributed by atoms with Crippen LogP contribution in [0.4, 0.5) is 0 Å². The van der Waals surface area contributed by atoms with Crippen LogP contribution >= 0.6 is 11.3 Å². The van der Waals surface area contributed by atoms with Crippen molar-refractivity contribution in [2.45, 2.75) is 38.4 Å². The van der Waals surface area contributed by atoms with Crippen LogP contribution in [0.1, 0.15) is 36.0 Å². The van der Waals surface area contributed by atoms with E-state index >= 15 is 0 Å². The Hall–Kier alpha value is -2.12. The molecule has 0 unspecified atom stereocenters. The molecule has 122 valence electrons. The van der Waals surface area contributed by atoms with Crippen LogP contribution in [0.3, 0.4) is 0 Å². The van der Waals surface area contributed by atoms with Crippen molar-refractivity contribution in [3.63, 3.8) is 0 Å². The molecule has 0 amide bonds. The minimum absolute atomic E-state index is 0.706. The van der Waals surface area contributed by atoms with Gasteiger partial charge in [-0.1, -0.05) is 0 Å². The van der Waals surface area contributed by atoms with Crippen LogP contribution in [-0.4, -0.2) is 35.9 Å². The van der Waals surface area contributed by atoms with Gasteiger partial charge < -0.3 is 4.57 Å². The van der Waals surface area contributed by atoms with Crippen LogP contribution < -0.4 is 0 Å². The number of aromatic nitrogens is 5. The fourth-order valence-electron chi connectivity index (χ4n) is 3.31. The predicted octanol–water partition coefficient (Wildman–Crippen LogP) is 2.69. The van der Waals surface area contributed by atoms with Crippen LogP contribution in [0, 0.1) is 0 Å². The normalized spacial score (nSPS) is 17.8. The molecule has 5 rings (SSSR count). The lowest BCUT2D eigenvalue weighted by molar-refractivity contribution is 0.237. The largest absolute Gasteiger partial charge is 0.331 e. The Morgan fingerprint density at radius 2 is 2.04 bits per heavy atom. The van der Waals surface area contributed by atoms with Crippen LogP contribution in [0.5, 0.6) is 0 Å². The summed E-state index contributed by atoms with van der Waals surface area (Å²) in [5.74, 6) is 0.706. The molecule has 24 heavy (non-hydrogen) atoms. The van der Waals surface area contributed by atoms with Crippen LogP contribution in [-0.2, 0) is 19.5 Å². The molecule has 6 nitrogen and oxygen atoms in total.